The van der Waals surface area contributed by atoms with Gasteiger partial charge in [0.2, 0.25) is 0 Å². The third kappa shape index (κ3) is 3.82. The average molecular weight is 494 g/mol. The summed E-state index contributed by atoms with van der Waals surface area (Å²) in [5.74, 6) is 2.05. The minimum atomic E-state index is -0.220. The van der Waals surface area contributed by atoms with Gasteiger partial charge in [0, 0.05) is 37.1 Å². The maximum atomic E-state index is 13.5. The van der Waals surface area contributed by atoms with Crippen LogP contribution in [-0.4, -0.2) is 62.4 Å². The molecule has 6 rings (SSSR count). The van der Waals surface area contributed by atoms with E-state index in [2.05, 4.69) is 26.6 Å². The Morgan fingerprint density at radius 3 is 2.83 bits per heavy atom. The first-order chi connectivity index (χ1) is 17.0. The molecule has 8 nitrogen and oxygen atoms in total. The molecular weight excluding hydrogens is 462 g/mol. The normalized spacial score (nSPS) is 20.7. The van der Waals surface area contributed by atoms with E-state index in [1.165, 1.54) is 23.1 Å². The van der Waals surface area contributed by atoms with Crippen molar-refractivity contribution in [3.63, 3.8) is 0 Å². The van der Waals surface area contributed by atoms with Gasteiger partial charge in [0.1, 0.15) is 16.1 Å². The van der Waals surface area contributed by atoms with Crippen LogP contribution in [0.25, 0.3) is 32.8 Å². The van der Waals surface area contributed by atoms with Crippen molar-refractivity contribution in [3.8, 4) is 17.3 Å². The van der Waals surface area contributed by atoms with Gasteiger partial charge in [0.05, 0.1) is 31.0 Å². The van der Waals surface area contributed by atoms with Crippen LogP contribution in [0.1, 0.15) is 36.0 Å². The molecule has 3 N–H and O–H groups in total. The number of carbonyl (C=O) groups excluding carboxylic acids is 1. The van der Waals surface area contributed by atoms with Crippen LogP contribution >= 0.6 is 11.3 Å². The molecule has 2 atom stereocenters. The first-order valence-corrected chi connectivity index (χ1v) is 13.2. The molecule has 1 saturated carbocycles. The summed E-state index contributed by atoms with van der Waals surface area (Å²) in [6, 6.07) is 7.70. The van der Waals surface area contributed by atoms with Gasteiger partial charge in [-0.1, -0.05) is 0 Å². The van der Waals surface area contributed by atoms with Gasteiger partial charge in [-0.2, -0.15) is 0 Å². The lowest BCUT2D eigenvalue weighted by Crippen LogP contribution is -2.52. The lowest BCUT2D eigenvalue weighted by Gasteiger charge is -2.37. The number of aryl methyl sites for hydroxylation is 1. The molecule has 1 saturated heterocycles. The Morgan fingerprint density at radius 1 is 1.26 bits per heavy atom. The Bertz CT molecular complexity index is 1420. The summed E-state index contributed by atoms with van der Waals surface area (Å²) >= 11 is 1.76. The summed E-state index contributed by atoms with van der Waals surface area (Å²) in [5, 5.41) is 13.2. The number of imidazole rings is 1. The van der Waals surface area contributed by atoms with Crippen molar-refractivity contribution >= 4 is 38.5 Å². The van der Waals surface area contributed by atoms with Crippen molar-refractivity contribution < 1.29 is 14.6 Å². The van der Waals surface area contributed by atoms with E-state index in [4.69, 9.17) is 15.5 Å². The third-order valence-electron chi connectivity index (χ3n) is 7.48. The van der Waals surface area contributed by atoms with Crippen molar-refractivity contribution in [3.05, 3.63) is 35.2 Å². The largest absolute Gasteiger partial charge is 0.494 e. The summed E-state index contributed by atoms with van der Waals surface area (Å²) in [7, 11) is 3.62. The van der Waals surface area contributed by atoms with E-state index in [1.807, 2.05) is 13.1 Å². The number of methoxy groups -OCH3 is 1. The molecule has 2 aliphatic rings. The van der Waals surface area contributed by atoms with E-state index < -0.39 is 0 Å². The molecule has 4 heterocycles. The predicted octanol–water partition coefficient (Wildman–Crippen LogP) is 3.60. The van der Waals surface area contributed by atoms with Crippen molar-refractivity contribution in [2.45, 2.75) is 44.3 Å². The number of hydrogen-bond donors (Lipinski definition) is 2. The number of rotatable bonds is 6. The molecule has 0 unspecified atom stereocenters. The summed E-state index contributed by atoms with van der Waals surface area (Å²) in [5.41, 5.74) is 9.32. The standard InChI is InChI=1S/C26H31N5O3S/c1-29-23-20(28-24(29)21-10-16-7-8-35-26(16)31(21)12-15-3-4-15)9-17(11-22(23)34-2)25(33)30-13-18(27)5-6-19(30)14-32/h7-11,15,18-19,32H,3-6,12-14,27H2,1-2H3/t18-,19-/m1/s1. The second-order valence-corrected chi connectivity index (χ2v) is 10.8. The number of thiophene rings is 1. The zero-order chi connectivity index (χ0) is 24.3. The Kier molecular flexibility index (Phi) is 5.58. The van der Waals surface area contributed by atoms with E-state index in [0.717, 1.165) is 41.4 Å². The molecule has 3 aromatic heterocycles. The van der Waals surface area contributed by atoms with E-state index in [1.54, 1.807) is 29.4 Å². The number of nitrogens with two attached hydrogens (primary N) is 1. The minimum Gasteiger partial charge on any atom is -0.494 e. The van der Waals surface area contributed by atoms with Crippen LogP contribution in [0.15, 0.2) is 29.6 Å². The van der Waals surface area contributed by atoms with Crippen molar-refractivity contribution in [2.24, 2.45) is 18.7 Å². The highest BCUT2D eigenvalue weighted by Crippen LogP contribution is 2.39. The SMILES string of the molecule is COc1cc(C(=O)N2C[C@H](N)CC[C@@H]2CO)cc2nc(-c3cc4ccsc4n3CC3CC3)n(C)c12. The lowest BCUT2D eigenvalue weighted by molar-refractivity contribution is 0.0472. The molecule has 9 heteroatoms. The van der Waals surface area contributed by atoms with Gasteiger partial charge in [-0.25, -0.2) is 4.98 Å². The fourth-order valence-corrected chi connectivity index (χ4v) is 6.29. The molecule has 1 aliphatic heterocycles. The van der Waals surface area contributed by atoms with Gasteiger partial charge in [0.25, 0.3) is 5.91 Å². The molecule has 0 spiro atoms. The second-order valence-electron chi connectivity index (χ2n) is 9.94. The van der Waals surface area contributed by atoms with Crippen molar-refractivity contribution in [2.75, 3.05) is 20.3 Å². The van der Waals surface area contributed by atoms with Gasteiger partial charge in [0.15, 0.2) is 5.82 Å². The van der Waals surface area contributed by atoms with Gasteiger partial charge < -0.3 is 29.6 Å². The molecule has 4 aromatic rings. The quantitative estimate of drug-likeness (QED) is 0.428. The van der Waals surface area contributed by atoms with Crippen LogP contribution < -0.4 is 10.5 Å². The summed E-state index contributed by atoms with van der Waals surface area (Å²) in [4.78, 5) is 21.5. The number of carbonyl (C=O) groups is 1. The molecule has 2 fully saturated rings. The monoisotopic (exact) mass is 493 g/mol. The third-order valence-corrected chi connectivity index (χ3v) is 8.44. The van der Waals surface area contributed by atoms with Gasteiger partial charge in [-0.3, -0.25) is 4.79 Å². The Morgan fingerprint density at radius 2 is 2.09 bits per heavy atom. The van der Waals surface area contributed by atoms with Gasteiger partial charge >= 0.3 is 0 Å². The average Bonchev–Trinajstić information content (AvgIpc) is 3.31. The number of ether oxygens (including phenoxy) is 1. The number of benzene rings is 1. The first kappa shape index (κ1) is 22.6. The van der Waals surface area contributed by atoms with Crippen LogP contribution in [0.2, 0.25) is 0 Å². The topological polar surface area (TPSA) is 98.5 Å². The van der Waals surface area contributed by atoms with E-state index in [-0.39, 0.29) is 24.6 Å². The number of nitrogens with zero attached hydrogens (tertiary/aromatic N) is 4. The molecule has 0 bridgehead atoms. The highest BCUT2D eigenvalue weighted by molar-refractivity contribution is 7.16. The van der Waals surface area contributed by atoms with Crippen molar-refractivity contribution in [1.29, 1.82) is 0 Å². The Balaban J connectivity index is 1.45. The fraction of sp³-hybridized carbons (Fsp3) is 0.462. The number of piperidine rings is 1. The molecular formula is C26H31N5O3S. The summed E-state index contributed by atoms with van der Waals surface area (Å²) in [6.07, 6.45) is 4.06. The maximum absolute atomic E-state index is 13.5. The summed E-state index contributed by atoms with van der Waals surface area (Å²) < 4.78 is 10.2. The van der Waals surface area contributed by atoms with Crippen LogP contribution in [0.4, 0.5) is 0 Å². The zero-order valence-corrected chi connectivity index (χ0v) is 20.9. The lowest BCUT2D eigenvalue weighted by atomic mass is 9.98. The van der Waals surface area contributed by atoms with Crippen LogP contribution in [0, 0.1) is 5.92 Å². The van der Waals surface area contributed by atoms with Crippen LogP contribution in [0.5, 0.6) is 5.75 Å². The second kappa shape index (κ2) is 8.65. The molecule has 184 valence electrons. The Labute approximate surface area is 207 Å². The smallest absolute Gasteiger partial charge is 0.254 e. The highest BCUT2D eigenvalue weighted by atomic mass is 32.1. The number of fused-ring (bicyclic) bond motifs is 2. The van der Waals surface area contributed by atoms with Gasteiger partial charge in [-0.05, 0) is 61.2 Å². The minimum absolute atomic E-state index is 0.0688. The zero-order valence-electron chi connectivity index (χ0n) is 20.1. The van der Waals surface area contributed by atoms with E-state index >= 15 is 0 Å². The number of likely N-dealkylation sites (tertiary alicyclic amines) is 1. The van der Waals surface area contributed by atoms with E-state index in [0.29, 0.717) is 24.3 Å². The molecule has 0 radical (unpaired) electrons. The number of amides is 1. The number of hydrogen-bond acceptors (Lipinski definition) is 6. The maximum Gasteiger partial charge on any atom is 0.254 e. The van der Waals surface area contributed by atoms with Crippen molar-refractivity contribution in [1.82, 2.24) is 19.0 Å². The molecule has 35 heavy (non-hydrogen) atoms. The van der Waals surface area contributed by atoms with Gasteiger partial charge in [-0.15, -0.1) is 11.3 Å². The van der Waals surface area contributed by atoms with Crippen LogP contribution in [-0.2, 0) is 13.6 Å². The molecule has 1 aromatic carbocycles. The summed E-state index contributed by atoms with van der Waals surface area (Å²) in [6.45, 7) is 1.37. The van der Waals surface area contributed by atoms with E-state index in [9.17, 15) is 9.90 Å². The Hall–Kier alpha value is -2.88. The highest BCUT2D eigenvalue weighted by Gasteiger charge is 2.32. The predicted molar refractivity (Wildman–Crippen MR) is 138 cm³/mol. The first-order valence-electron chi connectivity index (χ1n) is 12.3. The van der Waals surface area contributed by atoms with Crippen LogP contribution in [0.3, 0.4) is 0 Å². The molecule has 1 aliphatic carbocycles. The number of aliphatic hydroxyl groups is 1. The number of aromatic nitrogens is 3. The number of aliphatic hydroxyl groups excluding tert-OH is 1. The fourth-order valence-electron chi connectivity index (χ4n) is 5.38. The molecule has 1 amide bonds.